The number of carbonyl (C=O) groups is 2. The number of aromatic nitrogens is 2. The van der Waals surface area contributed by atoms with E-state index in [4.69, 9.17) is 0 Å². The highest BCUT2D eigenvalue weighted by Gasteiger charge is 2.34. The zero-order valence-corrected chi connectivity index (χ0v) is 14.7. The first kappa shape index (κ1) is 17.0. The average molecular weight is 341 g/mol. The number of hydrogen-bond acceptors (Lipinski definition) is 4. The van der Waals surface area contributed by atoms with Crippen molar-refractivity contribution in [2.45, 2.75) is 25.3 Å². The van der Waals surface area contributed by atoms with Gasteiger partial charge in [0.1, 0.15) is 0 Å². The van der Waals surface area contributed by atoms with E-state index in [-0.39, 0.29) is 11.8 Å². The SMILES string of the molecule is CN1CC(C)(NC(=O)c2ccc(Nc3ccn(C)n3)cc2)CCC1=O. The van der Waals surface area contributed by atoms with Crippen molar-refractivity contribution in [2.75, 3.05) is 18.9 Å². The molecule has 1 fully saturated rings. The van der Waals surface area contributed by atoms with Crippen LogP contribution < -0.4 is 10.6 Å². The third kappa shape index (κ3) is 3.99. The molecule has 3 rings (SSSR count). The summed E-state index contributed by atoms with van der Waals surface area (Å²) in [5, 5.41) is 10.5. The Morgan fingerprint density at radius 1 is 1.20 bits per heavy atom. The van der Waals surface area contributed by atoms with Crippen molar-refractivity contribution in [1.29, 1.82) is 0 Å². The Bertz CT molecular complexity index is 783. The van der Waals surface area contributed by atoms with E-state index in [9.17, 15) is 9.59 Å². The predicted molar refractivity (Wildman–Crippen MR) is 95.7 cm³/mol. The molecule has 0 spiro atoms. The molecule has 1 unspecified atom stereocenters. The number of aryl methyl sites for hydroxylation is 1. The van der Waals surface area contributed by atoms with Crippen LogP contribution in [-0.2, 0) is 11.8 Å². The number of carbonyl (C=O) groups excluding carboxylic acids is 2. The van der Waals surface area contributed by atoms with Crippen molar-refractivity contribution in [1.82, 2.24) is 20.0 Å². The molecule has 25 heavy (non-hydrogen) atoms. The van der Waals surface area contributed by atoms with E-state index >= 15 is 0 Å². The van der Waals surface area contributed by atoms with Crippen LogP contribution in [0.2, 0.25) is 0 Å². The first-order chi connectivity index (χ1) is 11.8. The van der Waals surface area contributed by atoms with Crippen molar-refractivity contribution in [3.63, 3.8) is 0 Å². The van der Waals surface area contributed by atoms with Gasteiger partial charge >= 0.3 is 0 Å². The third-order valence-corrected chi connectivity index (χ3v) is 4.45. The van der Waals surface area contributed by atoms with Crippen LogP contribution in [0, 0.1) is 0 Å². The molecule has 2 aromatic rings. The van der Waals surface area contributed by atoms with Crippen LogP contribution in [0.4, 0.5) is 11.5 Å². The molecule has 0 aliphatic carbocycles. The number of hydrogen-bond donors (Lipinski definition) is 2. The Balaban J connectivity index is 1.63. The molecule has 2 N–H and O–H groups in total. The summed E-state index contributed by atoms with van der Waals surface area (Å²) in [6.07, 6.45) is 2.97. The normalized spacial score (nSPS) is 20.4. The summed E-state index contributed by atoms with van der Waals surface area (Å²) in [7, 11) is 3.62. The van der Waals surface area contributed by atoms with E-state index in [0.29, 0.717) is 24.9 Å². The van der Waals surface area contributed by atoms with Gasteiger partial charge in [-0.3, -0.25) is 14.3 Å². The van der Waals surface area contributed by atoms with Gasteiger partial charge in [-0.25, -0.2) is 0 Å². The number of likely N-dealkylation sites (tertiary alicyclic amines) is 1. The molecule has 1 aliphatic rings. The van der Waals surface area contributed by atoms with E-state index in [2.05, 4.69) is 15.7 Å². The number of anilines is 2. The molecule has 132 valence electrons. The molecule has 1 aromatic heterocycles. The fraction of sp³-hybridized carbons (Fsp3) is 0.389. The summed E-state index contributed by atoms with van der Waals surface area (Å²) in [5.74, 6) is 0.744. The van der Waals surface area contributed by atoms with Gasteiger partial charge in [0.05, 0.1) is 5.54 Å². The molecule has 1 saturated heterocycles. The maximum atomic E-state index is 12.5. The Labute approximate surface area is 147 Å². The molecular weight excluding hydrogens is 318 g/mol. The highest BCUT2D eigenvalue weighted by Crippen LogP contribution is 2.22. The van der Waals surface area contributed by atoms with Crippen LogP contribution >= 0.6 is 0 Å². The van der Waals surface area contributed by atoms with Gasteiger partial charge in [-0.2, -0.15) is 5.10 Å². The lowest BCUT2D eigenvalue weighted by Gasteiger charge is -2.39. The van der Waals surface area contributed by atoms with Crippen molar-refractivity contribution in [3.8, 4) is 0 Å². The number of benzene rings is 1. The number of rotatable bonds is 4. The largest absolute Gasteiger partial charge is 0.345 e. The van der Waals surface area contributed by atoms with Crippen LogP contribution in [0.15, 0.2) is 36.5 Å². The fourth-order valence-corrected chi connectivity index (χ4v) is 3.05. The van der Waals surface area contributed by atoms with Crippen molar-refractivity contribution in [2.24, 2.45) is 7.05 Å². The summed E-state index contributed by atoms with van der Waals surface area (Å²) in [6, 6.07) is 9.14. The van der Waals surface area contributed by atoms with E-state index < -0.39 is 5.54 Å². The average Bonchev–Trinajstić information content (AvgIpc) is 2.97. The molecule has 2 heterocycles. The quantitative estimate of drug-likeness (QED) is 0.890. The molecular formula is C18H23N5O2. The topological polar surface area (TPSA) is 79.3 Å². The van der Waals surface area contributed by atoms with E-state index in [0.717, 1.165) is 11.5 Å². The summed E-state index contributed by atoms with van der Waals surface area (Å²) in [5.41, 5.74) is 1.06. The Hall–Kier alpha value is -2.83. The molecule has 0 radical (unpaired) electrons. The highest BCUT2D eigenvalue weighted by molar-refractivity contribution is 5.95. The number of amides is 2. The van der Waals surface area contributed by atoms with Crippen molar-refractivity contribution >= 4 is 23.3 Å². The molecule has 0 bridgehead atoms. The maximum absolute atomic E-state index is 12.5. The first-order valence-electron chi connectivity index (χ1n) is 8.28. The van der Waals surface area contributed by atoms with Gasteiger partial charge in [0, 0.05) is 50.6 Å². The second-order valence-electron chi connectivity index (χ2n) is 6.84. The zero-order valence-electron chi connectivity index (χ0n) is 14.7. The van der Waals surface area contributed by atoms with Gasteiger partial charge in [-0.1, -0.05) is 0 Å². The van der Waals surface area contributed by atoms with Gasteiger partial charge in [0.25, 0.3) is 5.91 Å². The number of piperidine rings is 1. The number of nitrogens with zero attached hydrogens (tertiary/aromatic N) is 3. The standard InChI is InChI=1S/C18H23N5O2/c1-18(10-8-16(24)22(2)12-18)20-17(25)13-4-6-14(7-5-13)19-15-9-11-23(3)21-15/h4-7,9,11H,8,10,12H2,1-3H3,(H,19,21)(H,20,25). The summed E-state index contributed by atoms with van der Waals surface area (Å²) >= 11 is 0. The van der Waals surface area contributed by atoms with Crippen LogP contribution in [0.5, 0.6) is 0 Å². The van der Waals surface area contributed by atoms with E-state index in [1.807, 2.05) is 38.4 Å². The molecule has 0 saturated carbocycles. The fourth-order valence-electron chi connectivity index (χ4n) is 3.05. The van der Waals surface area contributed by atoms with Crippen molar-refractivity contribution < 1.29 is 9.59 Å². The summed E-state index contributed by atoms with van der Waals surface area (Å²) in [4.78, 5) is 25.8. The molecule has 1 aliphatic heterocycles. The van der Waals surface area contributed by atoms with Crippen LogP contribution in [0.1, 0.15) is 30.1 Å². The van der Waals surface area contributed by atoms with Gasteiger partial charge in [0.15, 0.2) is 5.82 Å². The van der Waals surface area contributed by atoms with Gasteiger partial charge in [0.2, 0.25) is 5.91 Å². The van der Waals surface area contributed by atoms with Crippen LogP contribution in [-0.4, -0.2) is 45.6 Å². The zero-order chi connectivity index (χ0) is 18.0. The minimum absolute atomic E-state index is 0.122. The van der Waals surface area contributed by atoms with Crippen LogP contribution in [0.3, 0.4) is 0 Å². The minimum Gasteiger partial charge on any atom is -0.345 e. The lowest BCUT2D eigenvalue weighted by molar-refractivity contribution is -0.133. The lowest BCUT2D eigenvalue weighted by atomic mass is 9.90. The van der Waals surface area contributed by atoms with Gasteiger partial charge in [-0.05, 0) is 37.6 Å². The molecule has 2 amide bonds. The van der Waals surface area contributed by atoms with Gasteiger partial charge < -0.3 is 15.5 Å². The summed E-state index contributed by atoms with van der Waals surface area (Å²) in [6.45, 7) is 2.50. The minimum atomic E-state index is -0.398. The monoisotopic (exact) mass is 341 g/mol. The highest BCUT2D eigenvalue weighted by atomic mass is 16.2. The Morgan fingerprint density at radius 2 is 1.92 bits per heavy atom. The van der Waals surface area contributed by atoms with E-state index in [1.54, 1.807) is 28.8 Å². The smallest absolute Gasteiger partial charge is 0.251 e. The van der Waals surface area contributed by atoms with E-state index in [1.165, 1.54) is 0 Å². The van der Waals surface area contributed by atoms with Crippen molar-refractivity contribution in [3.05, 3.63) is 42.1 Å². The van der Waals surface area contributed by atoms with Crippen LogP contribution in [0.25, 0.3) is 0 Å². The number of likely N-dealkylation sites (N-methyl/N-ethyl adjacent to an activating group) is 1. The third-order valence-electron chi connectivity index (χ3n) is 4.45. The second-order valence-corrected chi connectivity index (χ2v) is 6.84. The lowest BCUT2D eigenvalue weighted by Crippen LogP contribution is -2.57. The predicted octanol–water partition coefficient (Wildman–Crippen LogP) is 1.90. The second kappa shape index (κ2) is 6.58. The molecule has 1 aromatic carbocycles. The Kier molecular flexibility index (Phi) is 4.48. The summed E-state index contributed by atoms with van der Waals surface area (Å²) < 4.78 is 1.72. The van der Waals surface area contributed by atoms with Gasteiger partial charge in [-0.15, -0.1) is 0 Å². The maximum Gasteiger partial charge on any atom is 0.251 e. The first-order valence-corrected chi connectivity index (χ1v) is 8.28. The number of nitrogens with one attached hydrogen (secondary N) is 2. The molecule has 7 heteroatoms. The Morgan fingerprint density at radius 3 is 2.52 bits per heavy atom. The molecule has 7 nitrogen and oxygen atoms in total. The molecule has 1 atom stereocenters.